The number of para-hydroxylation sites is 2. The minimum Gasteiger partial charge on any atom is -0.456 e. The molecule has 262 valence electrons. The molecule has 5 nitrogen and oxygen atoms in total. The Balaban J connectivity index is 1.12. The van der Waals surface area contributed by atoms with Crippen molar-refractivity contribution in [2.75, 3.05) is 0 Å². The average molecular weight is 718 g/mol. The van der Waals surface area contributed by atoms with E-state index in [1.54, 1.807) is 0 Å². The molecule has 0 unspecified atom stereocenters. The molecule has 0 aliphatic carbocycles. The molecule has 11 aromatic rings. The first-order valence-corrected chi connectivity index (χ1v) is 18.7. The van der Waals surface area contributed by atoms with Crippen LogP contribution in [-0.4, -0.2) is 15.0 Å². The number of rotatable bonds is 6. The lowest BCUT2D eigenvalue weighted by Crippen LogP contribution is -2.00. The van der Waals surface area contributed by atoms with Crippen LogP contribution in [0.15, 0.2) is 197 Å². The van der Waals surface area contributed by atoms with E-state index in [4.69, 9.17) is 23.8 Å². The lowest BCUT2D eigenvalue weighted by molar-refractivity contribution is 0.669. The van der Waals surface area contributed by atoms with Gasteiger partial charge in [-0.05, 0) is 52.1 Å². The van der Waals surface area contributed by atoms with Gasteiger partial charge in [0, 0.05) is 43.8 Å². The van der Waals surface area contributed by atoms with Gasteiger partial charge in [0.05, 0.1) is 0 Å². The highest BCUT2D eigenvalue weighted by molar-refractivity contribution is 6.19. The summed E-state index contributed by atoms with van der Waals surface area (Å²) in [7, 11) is 0. The van der Waals surface area contributed by atoms with E-state index in [0.29, 0.717) is 17.5 Å². The van der Waals surface area contributed by atoms with E-state index < -0.39 is 0 Å². The highest BCUT2D eigenvalue weighted by Crippen LogP contribution is 2.45. The van der Waals surface area contributed by atoms with Crippen molar-refractivity contribution in [2.24, 2.45) is 0 Å². The fourth-order valence-electron chi connectivity index (χ4n) is 7.89. The fourth-order valence-corrected chi connectivity index (χ4v) is 7.89. The Kier molecular flexibility index (Phi) is 7.42. The number of aromatic nitrogens is 3. The lowest BCUT2D eigenvalue weighted by Gasteiger charge is -2.10. The predicted molar refractivity (Wildman–Crippen MR) is 227 cm³/mol. The maximum atomic E-state index is 6.87. The third-order valence-electron chi connectivity index (χ3n) is 10.6. The van der Waals surface area contributed by atoms with Crippen LogP contribution in [-0.2, 0) is 0 Å². The van der Waals surface area contributed by atoms with Crippen LogP contribution in [0.4, 0.5) is 0 Å². The maximum absolute atomic E-state index is 6.87. The molecule has 0 atom stereocenters. The zero-order valence-electron chi connectivity index (χ0n) is 30.1. The zero-order valence-corrected chi connectivity index (χ0v) is 30.1. The van der Waals surface area contributed by atoms with Gasteiger partial charge in [-0.3, -0.25) is 0 Å². The van der Waals surface area contributed by atoms with Crippen LogP contribution in [0.5, 0.6) is 0 Å². The molecular formula is C51H31N3O2. The summed E-state index contributed by atoms with van der Waals surface area (Å²) in [6.07, 6.45) is 0. The number of nitrogens with zero attached hydrogens (tertiary/aromatic N) is 3. The van der Waals surface area contributed by atoms with Crippen LogP contribution in [0, 0.1) is 0 Å². The first-order valence-electron chi connectivity index (χ1n) is 18.7. The van der Waals surface area contributed by atoms with Crippen LogP contribution in [0.1, 0.15) is 0 Å². The van der Waals surface area contributed by atoms with Gasteiger partial charge in [0.1, 0.15) is 22.3 Å². The molecule has 5 heteroatoms. The van der Waals surface area contributed by atoms with Gasteiger partial charge in [-0.25, -0.2) is 15.0 Å². The molecule has 11 rings (SSSR count). The van der Waals surface area contributed by atoms with Crippen LogP contribution in [0.3, 0.4) is 0 Å². The van der Waals surface area contributed by atoms with Crippen molar-refractivity contribution in [2.45, 2.75) is 0 Å². The summed E-state index contributed by atoms with van der Waals surface area (Å²) in [4.78, 5) is 15.3. The second-order valence-corrected chi connectivity index (χ2v) is 13.9. The first-order chi connectivity index (χ1) is 27.7. The van der Waals surface area contributed by atoms with Crippen molar-refractivity contribution in [1.82, 2.24) is 15.0 Å². The molecule has 0 N–H and O–H groups in total. The standard InChI is InChI=1S/C51H31N3O2/c1-4-14-32(15-5-1)34-26-28-36(29-27-34)50-52-49(35-18-8-3-9-19-35)53-51(54-50)41-23-13-25-44-47(41)40-22-12-21-38(48(40)56-44)42-30-37(33-16-6-2-7-17-33)31-45-46(42)39-20-10-11-24-43(39)55-45/h1-31H. The van der Waals surface area contributed by atoms with E-state index in [-0.39, 0.29) is 0 Å². The summed E-state index contributed by atoms with van der Waals surface area (Å²) in [6.45, 7) is 0. The summed E-state index contributed by atoms with van der Waals surface area (Å²) in [5.74, 6) is 1.79. The van der Waals surface area contributed by atoms with Gasteiger partial charge in [-0.15, -0.1) is 0 Å². The Morgan fingerprint density at radius 2 is 0.786 bits per heavy atom. The molecule has 3 aromatic heterocycles. The van der Waals surface area contributed by atoms with Crippen molar-refractivity contribution < 1.29 is 8.83 Å². The van der Waals surface area contributed by atoms with Gasteiger partial charge in [0.25, 0.3) is 0 Å². The van der Waals surface area contributed by atoms with Crippen molar-refractivity contribution in [3.05, 3.63) is 188 Å². The second kappa shape index (κ2) is 13.0. The molecule has 56 heavy (non-hydrogen) atoms. The van der Waals surface area contributed by atoms with E-state index in [2.05, 4.69) is 121 Å². The monoisotopic (exact) mass is 717 g/mol. The molecular weight excluding hydrogens is 687 g/mol. The highest BCUT2D eigenvalue weighted by Gasteiger charge is 2.22. The molecule has 0 saturated carbocycles. The number of hydrogen-bond donors (Lipinski definition) is 0. The minimum atomic E-state index is 0.578. The Labute approximate surface area is 322 Å². The number of hydrogen-bond acceptors (Lipinski definition) is 5. The molecule has 0 bridgehead atoms. The number of benzene rings is 8. The number of fused-ring (bicyclic) bond motifs is 6. The predicted octanol–water partition coefficient (Wildman–Crippen LogP) is 13.7. The van der Waals surface area contributed by atoms with Gasteiger partial charge < -0.3 is 8.83 Å². The van der Waals surface area contributed by atoms with E-state index >= 15 is 0 Å². The molecule has 8 aromatic carbocycles. The first kappa shape index (κ1) is 31.9. The third kappa shape index (κ3) is 5.37. The van der Waals surface area contributed by atoms with Crippen molar-refractivity contribution >= 4 is 43.9 Å². The Morgan fingerprint density at radius 3 is 1.52 bits per heavy atom. The Hall–Kier alpha value is -7.63. The molecule has 0 saturated heterocycles. The van der Waals surface area contributed by atoms with E-state index in [9.17, 15) is 0 Å². The van der Waals surface area contributed by atoms with E-state index in [1.165, 1.54) is 0 Å². The summed E-state index contributed by atoms with van der Waals surface area (Å²) in [5, 5.41) is 4.05. The van der Waals surface area contributed by atoms with Crippen LogP contribution >= 0.6 is 0 Å². The third-order valence-corrected chi connectivity index (χ3v) is 10.6. The Morgan fingerprint density at radius 1 is 0.286 bits per heavy atom. The molecule has 0 aliphatic rings. The fraction of sp³-hybridized carbons (Fsp3) is 0. The van der Waals surface area contributed by atoms with E-state index in [0.717, 1.165) is 93.9 Å². The summed E-state index contributed by atoms with van der Waals surface area (Å²) < 4.78 is 13.4. The van der Waals surface area contributed by atoms with Gasteiger partial charge in [-0.1, -0.05) is 164 Å². The van der Waals surface area contributed by atoms with E-state index in [1.807, 2.05) is 66.7 Å². The van der Waals surface area contributed by atoms with Crippen molar-refractivity contribution in [1.29, 1.82) is 0 Å². The topological polar surface area (TPSA) is 65.0 Å². The minimum absolute atomic E-state index is 0.578. The van der Waals surface area contributed by atoms with Gasteiger partial charge in [0.2, 0.25) is 0 Å². The SMILES string of the molecule is c1ccc(-c2ccc(-c3nc(-c4ccccc4)nc(-c4cccc5oc6c(-c7cc(-c8ccccc8)cc8oc9ccccc9c78)cccc6c45)n3)cc2)cc1. The lowest BCUT2D eigenvalue weighted by atomic mass is 9.93. The van der Waals surface area contributed by atoms with Gasteiger partial charge >= 0.3 is 0 Å². The molecule has 0 spiro atoms. The smallest absolute Gasteiger partial charge is 0.164 e. The molecule has 3 heterocycles. The molecule has 0 fully saturated rings. The second-order valence-electron chi connectivity index (χ2n) is 13.9. The van der Waals surface area contributed by atoms with Crippen molar-refractivity contribution in [3.63, 3.8) is 0 Å². The Bertz CT molecular complexity index is 3220. The largest absolute Gasteiger partial charge is 0.456 e. The molecule has 0 aliphatic heterocycles. The quantitative estimate of drug-likeness (QED) is 0.171. The summed E-state index contributed by atoms with van der Waals surface area (Å²) >= 11 is 0. The van der Waals surface area contributed by atoms with Crippen molar-refractivity contribution in [3.8, 4) is 67.5 Å². The van der Waals surface area contributed by atoms with Crippen LogP contribution < -0.4 is 0 Å². The van der Waals surface area contributed by atoms with Crippen LogP contribution in [0.2, 0.25) is 0 Å². The summed E-state index contributed by atoms with van der Waals surface area (Å²) in [6, 6.07) is 64.4. The number of furan rings is 2. The highest BCUT2D eigenvalue weighted by atomic mass is 16.3. The average Bonchev–Trinajstić information content (AvgIpc) is 3.86. The summed E-state index contributed by atoms with van der Waals surface area (Å²) in [5.41, 5.74) is 12.4. The zero-order chi connectivity index (χ0) is 37.0. The van der Waals surface area contributed by atoms with Crippen LogP contribution in [0.25, 0.3) is 111 Å². The van der Waals surface area contributed by atoms with Gasteiger partial charge in [0.15, 0.2) is 17.5 Å². The molecule has 0 radical (unpaired) electrons. The normalized spacial score (nSPS) is 11.6. The molecule has 0 amide bonds. The van der Waals surface area contributed by atoms with Gasteiger partial charge in [-0.2, -0.15) is 0 Å². The maximum Gasteiger partial charge on any atom is 0.164 e.